The molecule has 0 fully saturated rings. The van der Waals surface area contributed by atoms with Crippen molar-refractivity contribution in [1.29, 1.82) is 0 Å². The van der Waals surface area contributed by atoms with Gasteiger partial charge in [-0.15, -0.1) is 0 Å². The minimum Gasteiger partial charge on any atom is -0.391 e. The molecule has 74 valence electrons. The Bertz CT molecular complexity index is 301. The molecule has 1 aromatic rings. The average molecular weight is 189 g/mol. The molecule has 2 nitrogen and oxygen atoms in total. The first kappa shape index (κ1) is 10.5. The average Bonchev–Trinajstić information content (AvgIpc) is 2.25. The molecule has 0 radical (unpaired) electrons. The molecule has 0 saturated carbocycles. The zero-order valence-electron chi connectivity index (χ0n) is 8.44. The van der Waals surface area contributed by atoms with Gasteiger partial charge >= 0.3 is 0 Å². The van der Waals surface area contributed by atoms with Crippen molar-refractivity contribution in [3.8, 4) is 0 Å². The predicted octanol–water partition coefficient (Wildman–Crippen LogP) is 3.24. The molecule has 0 saturated heterocycles. The van der Waals surface area contributed by atoms with Crippen LogP contribution in [-0.2, 0) is 11.4 Å². The van der Waals surface area contributed by atoms with Crippen LogP contribution in [0.15, 0.2) is 36.0 Å². The van der Waals surface area contributed by atoms with Crippen LogP contribution in [0.25, 0.3) is 6.08 Å². The van der Waals surface area contributed by atoms with E-state index in [1.807, 2.05) is 37.3 Å². The normalized spacial score (nSPS) is 10.4. The highest BCUT2D eigenvalue weighted by molar-refractivity contribution is 5.55. The molecule has 1 aromatic carbocycles. The van der Waals surface area contributed by atoms with Crippen molar-refractivity contribution in [3.63, 3.8) is 0 Å². The van der Waals surface area contributed by atoms with Crippen LogP contribution in [0.4, 0.5) is 0 Å². The monoisotopic (exact) mass is 189 g/mol. The minimum absolute atomic E-state index is 0.522. The molecule has 0 unspecified atom stereocenters. The summed E-state index contributed by atoms with van der Waals surface area (Å²) in [4.78, 5) is 5.08. The SMILES string of the molecule is C=Cc1ccc(CON=CCC)cc1. The van der Waals surface area contributed by atoms with Crippen LogP contribution in [-0.4, -0.2) is 6.21 Å². The highest BCUT2D eigenvalue weighted by atomic mass is 16.6. The van der Waals surface area contributed by atoms with Crippen LogP contribution in [0.1, 0.15) is 24.5 Å². The lowest BCUT2D eigenvalue weighted by atomic mass is 10.1. The first-order valence-corrected chi connectivity index (χ1v) is 4.72. The number of nitrogens with zero attached hydrogens (tertiary/aromatic N) is 1. The van der Waals surface area contributed by atoms with E-state index in [2.05, 4.69) is 11.7 Å². The molecule has 0 aliphatic rings. The van der Waals surface area contributed by atoms with Crippen molar-refractivity contribution in [2.75, 3.05) is 0 Å². The van der Waals surface area contributed by atoms with E-state index in [-0.39, 0.29) is 0 Å². The molecular formula is C12H15NO. The Morgan fingerprint density at radius 1 is 1.36 bits per heavy atom. The summed E-state index contributed by atoms with van der Waals surface area (Å²) in [6, 6.07) is 8.04. The number of rotatable bonds is 5. The fourth-order valence-electron chi connectivity index (χ4n) is 0.989. The molecule has 0 aliphatic carbocycles. The molecule has 0 aliphatic heterocycles. The Morgan fingerprint density at radius 3 is 2.64 bits per heavy atom. The summed E-state index contributed by atoms with van der Waals surface area (Å²) < 4.78 is 0. The summed E-state index contributed by atoms with van der Waals surface area (Å²) in [6.07, 6.45) is 4.47. The Kier molecular flexibility index (Phi) is 4.48. The van der Waals surface area contributed by atoms with E-state index in [0.29, 0.717) is 6.61 Å². The number of hydrogen-bond acceptors (Lipinski definition) is 2. The molecule has 0 N–H and O–H groups in total. The van der Waals surface area contributed by atoms with Gasteiger partial charge in [-0.05, 0) is 17.5 Å². The second-order valence-electron chi connectivity index (χ2n) is 2.92. The summed E-state index contributed by atoms with van der Waals surface area (Å²) in [5.41, 5.74) is 2.23. The first-order chi connectivity index (χ1) is 6.86. The summed E-state index contributed by atoms with van der Waals surface area (Å²) in [5.74, 6) is 0. The quantitative estimate of drug-likeness (QED) is 0.514. The maximum atomic E-state index is 5.08. The summed E-state index contributed by atoms with van der Waals surface area (Å²) in [6.45, 7) is 6.23. The van der Waals surface area contributed by atoms with E-state index in [1.54, 1.807) is 6.21 Å². The minimum atomic E-state index is 0.522. The van der Waals surface area contributed by atoms with Gasteiger partial charge in [-0.25, -0.2) is 0 Å². The largest absolute Gasteiger partial charge is 0.391 e. The van der Waals surface area contributed by atoms with Gasteiger partial charge in [0.25, 0.3) is 0 Å². The molecule has 0 aromatic heterocycles. The molecule has 0 spiro atoms. The number of benzene rings is 1. The fourth-order valence-corrected chi connectivity index (χ4v) is 0.989. The summed E-state index contributed by atoms with van der Waals surface area (Å²) in [5, 5.41) is 3.78. The van der Waals surface area contributed by atoms with Gasteiger partial charge in [-0.2, -0.15) is 0 Å². The molecule has 0 amide bonds. The lowest BCUT2D eigenvalue weighted by molar-refractivity contribution is 0.131. The first-order valence-electron chi connectivity index (χ1n) is 4.72. The molecule has 0 bridgehead atoms. The molecule has 2 heteroatoms. The Labute approximate surface area is 84.9 Å². The van der Waals surface area contributed by atoms with E-state index in [9.17, 15) is 0 Å². The molecule has 0 atom stereocenters. The van der Waals surface area contributed by atoms with Crippen LogP contribution >= 0.6 is 0 Å². The van der Waals surface area contributed by atoms with Gasteiger partial charge in [0.15, 0.2) is 0 Å². The standard InChI is InChI=1S/C12H15NO/c1-3-9-13-14-10-12-7-5-11(4-2)6-8-12/h4-9H,2-3,10H2,1H3. The Morgan fingerprint density at radius 2 is 2.07 bits per heavy atom. The van der Waals surface area contributed by atoms with Crippen LogP contribution in [0, 0.1) is 0 Å². The van der Waals surface area contributed by atoms with Gasteiger partial charge in [-0.3, -0.25) is 0 Å². The van der Waals surface area contributed by atoms with Crippen molar-refractivity contribution in [3.05, 3.63) is 42.0 Å². The van der Waals surface area contributed by atoms with Gasteiger partial charge < -0.3 is 4.84 Å². The molecule has 0 heterocycles. The van der Waals surface area contributed by atoms with E-state index in [1.165, 1.54) is 0 Å². The zero-order valence-corrected chi connectivity index (χ0v) is 8.44. The van der Waals surface area contributed by atoms with Crippen LogP contribution in [0.2, 0.25) is 0 Å². The van der Waals surface area contributed by atoms with Gasteiger partial charge in [0, 0.05) is 6.21 Å². The van der Waals surface area contributed by atoms with Crippen molar-refractivity contribution in [2.45, 2.75) is 20.0 Å². The van der Waals surface area contributed by atoms with Crippen molar-refractivity contribution in [2.24, 2.45) is 5.16 Å². The van der Waals surface area contributed by atoms with Crippen LogP contribution in [0.3, 0.4) is 0 Å². The highest BCUT2D eigenvalue weighted by Crippen LogP contribution is 2.06. The third-order valence-electron chi connectivity index (χ3n) is 1.78. The predicted molar refractivity (Wildman–Crippen MR) is 60.1 cm³/mol. The van der Waals surface area contributed by atoms with Gasteiger partial charge in [0.05, 0.1) is 0 Å². The molecule has 14 heavy (non-hydrogen) atoms. The number of hydrogen-bond donors (Lipinski definition) is 0. The van der Waals surface area contributed by atoms with Crippen LogP contribution in [0.5, 0.6) is 0 Å². The smallest absolute Gasteiger partial charge is 0.142 e. The molecular weight excluding hydrogens is 174 g/mol. The Hall–Kier alpha value is -1.57. The maximum absolute atomic E-state index is 5.08. The number of oxime groups is 1. The third kappa shape index (κ3) is 3.44. The topological polar surface area (TPSA) is 21.6 Å². The van der Waals surface area contributed by atoms with Gasteiger partial charge in [0.2, 0.25) is 0 Å². The van der Waals surface area contributed by atoms with Gasteiger partial charge in [-0.1, -0.05) is 49.0 Å². The molecule has 1 rings (SSSR count). The maximum Gasteiger partial charge on any atom is 0.142 e. The Balaban J connectivity index is 2.43. The highest BCUT2D eigenvalue weighted by Gasteiger charge is 1.91. The third-order valence-corrected chi connectivity index (χ3v) is 1.78. The van der Waals surface area contributed by atoms with Crippen LogP contribution < -0.4 is 0 Å². The van der Waals surface area contributed by atoms with Crippen molar-refractivity contribution < 1.29 is 4.84 Å². The van der Waals surface area contributed by atoms with Gasteiger partial charge in [0.1, 0.15) is 6.61 Å². The zero-order chi connectivity index (χ0) is 10.2. The second kappa shape index (κ2) is 5.97. The van der Waals surface area contributed by atoms with E-state index in [0.717, 1.165) is 17.5 Å². The lowest BCUT2D eigenvalue weighted by Crippen LogP contribution is -1.87. The van der Waals surface area contributed by atoms with E-state index in [4.69, 9.17) is 4.84 Å². The van der Waals surface area contributed by atoms with Crippen molar-refractivity contribution in [1.82, 2.24) is 0 Å². The second-order valence-corrected chi connectivity index (χ2v) is 2.92. The fraction of sp³-hybridized carbons (Fsp3) is 0.250. The summed E-state index contributed by atoms with van der Waals surface area (Å²) >= 11 is 0. The van der Waals surface area contributed by atoms with Crippen molar-refractivity contribution >= 4 is 12.3 Å². The van der Waals surface area contributed by atoms with E-state index >= 15 is 0 Å². The van der Waals surface area contributed by atoms with E-state index < -0.39 is 0 Å². The summed E-state index contributed by atoms with van der Waals surface area (Å²) in [7, 11) is 0. The lowest BCUT2D eigenvalue weighted by Gasteiger charge is -1.99.